The molecule has 1 amide bonds. The van der Waals surface area contributed by atoms with Gasteiger partial charge in [-0.05, 0) is 24.8 Å². The van der Waals surface area contributed by atoms with E-state index >= 15 is 0 Å². The van der Waals surface area contributed by atoms with Crippen LogP contribution >= 0.6 is 0 Å². The van der Waals surface area contributed by atoms with Gasteiger partial charge in [-0.2, -0.15) is 0 Å². The molecule has 1 atom stereocenters. The molecule has 1 aliphatic heterocycles. The second-order valence-electron chi connectivity index (χ2n) is 5.95. The van der Waals surface area contributed by atoms with Crippen molar-refractivity contribution in [3.63, 3.8) is 0 Å². The molecule has 0 bridgehead atoms. The van der Waals surface area contributed by atoms with Crippen LogP contribution in [0.2, 0.25) is 0 Å². The quantitative estimate of drug-likeness (QED) is 0.775. The molecule has 2 N–H and O–H groups in total. The predicted molar refractivity (Wildman–Crippen MR) is 75.3 cm³/mol. The van der Waals surface area contributed by atoms with Crippen molar-refractivity contribution in [2.24, 2.45) is 17.6 Å². The highest BCUT2D eigenvalue weighted by Crippen LogP contribution is 2.10. The molecule has 0 aromatic heterocycles. The maximum Gasteiger partial charge on any atom is 0.222 e. The van der Waals surface area contributed by atoms with E-state index in [0.717, 1.165) is 39.1 Å². The number of amides is 1. The molecule has 0 saturated carbocycles. The lowest BCUT2D eigenvalue weighted by atomic mass is 10.1. The first-order valence-electron chi connectivity index (χ1n) is 7.23. The smallest absolute Gasteiger partial charge is 0.222 e. The first-order valence-corrected chi connectivity index (χ1v) is 7.23. The number of hydrogen-bond acceptors (Lipinski definition) is 3. The Labute approximate surface area is 111 Å². The molecule has 1 aliphatic rings. The third-order valence-electron chi connectivity index (χ3n) is 3.60. The first kappa shape index (κ1) is 15.4. The number of hydrogen-bond donors (Lipinski definition) is 1. The van der Waals surface area contributed by atoms with Gasteiger partial charge < -0.3 is 10.6 Å². The van der Waals surface area contributed by atoms with Crippen molar-refractivity contribution < 1.29 is 4.79 Å². The third-order valence-corrected chi connectivity index (χ3v) is 3.60. The van der Waals surface area contributed by atoms with Gasteiger partial charge in [-0.15, -0.1) is 0 Å². The van der Waals surface area contributed by atoms with E-state index in [1.54, 1.807) is 0 Å². The summed E-state index contributed by atoms with van der Waals surface area (Å²) in [5.41, 5.74) is 5.57. The van der Waals surface area contributed by atoms with E-state index in [4.69, 9.17) is 5.73 Å². The first-order chi connectivity index (χ1) is 8.52. The van der Waals surface area contributed by atoms with Crippen LogP contribution < -0.4 is 5.73 Å². The maximum absolute atomic E-state index is 12.0. The van der Waals surface area contributed by atoms with Crippen LogP contribution in [0, 0.1) is 11.8 Å². The molecule has 4 heteroatoms. The summed E-state index contributed by atoms with van der Waals surface area (Å²) in [5, 5.41) is 0. The molecule has 1 unspecified atom stereocenters. The largest absolute Gasteiger partial charge is 0.340 e. The van der Waals surface area contributed by atoms with Crippen LogP contribution in [-0.4, -0.2) is 55.0 Å². The van der Waals surface area contributed by atoms with Gasteiger partial charge in [-0.25, -0.2) is 0 Å². The zero-order valence-electron chi connectivity index (χ0n) is 12.2. The summed E-state index contributed by atoms with van der Waals surface area (Å²) in [7, 11) is 0. The number of rotatable bonds is 6. The number of piperazine rings is 1. The average Bonchev–Trinajstić information content (AvgIpc) is 2.35. The van der Waals surface area contributed by atoms with Crippen molar-refractivity contribution in [1.82, 2.24) is 9.80 Å². The summed E-state index contributed by atoms with van der Waals surface area (Å²) in [6.07, 6.45) is 1.57. The Morgan fingerprint density at radius 2 is 1.78 bits per heavy atom. The van der Waals surface area contributed by atoms with Crippen LogP contribution in [0.5, 0.6) is 0 Å². The summed E-state index contributed by atoms with van der Waals surface area (Å²) < 4.78 is 0. The number of carbonyl (C=O) groups excluding carboxylic acids is 1. The molecule has 0 aromatic rings. The van der Waals surface area contributed by atoms with Crippen molar-refractivity contribution in [2.45, 2.75) is 33.6 Å². The fourth-order valence-corrected chi connectivity index (χ4v) is 2.34. The topological polar surface area (TPSA) is 49.6 Å². The summed E-state index contributed by atoms with van der Waals surface area (Å²) in [5.74, 6) is 1.47. The lowest BCUT2D eigenvalue weighted by Gasteiger charge is -2.35. The summed E-state index contributed by atoms with van der Waals surface area (Å²) in [4.78, 5) is 16.5. The molecular weight excluding hydrogens is 226 g/mol. The van der Waals surface area contributed by atoms with Gasteiger partial charge in [0.25, 0.3) is 0 Å². The van der Waals surface area contributed by atoms with Gasteiger partial charge >= 0.3 is 0 Å². The number of carbonyl (C=O) groups is 1. The fourth-order valence-electron chi connectivity index (χ4n) is 2.34. The molecule has 1 rings (SSSR count). The molecule has 1 fully saturated rings. The van der Waals surface area contributed by atoms with Crippen LogP contribution in [0.15, 0.2) is 0 Å². The van der Waals surface area contributed by atoms with E-state index in [1.165, 1.54) is 0 Å². The fraction of sp³-hybridized carbons (Fsp3) is 0.929. The Morgan fingerprint density at radius 1 is 1.17 bits per heavy atom. The highest BCUT2D eigenvalue weighted by Gasteiger charge is 2.21. The van der Waals surface area contributed by atoms with E-state index in [-0.39, 0.29) is 0 Å². The molecule has 0 spiro atoms. The van der Waals surface area contributed by atoms with Crippen LogP contribution in [0.25, 0.3) is 0 Å². The normalized spacial score (nSPS) is 19.3. The minimum absolute atomic E-state index is 0.305. The van der Waals surface area contributed by atoms with E-state index in [9.17, 15) is 4.79 Å². The second-order valence-corrected chi connectivity index (χ2v) is 5.95. The number of nitrogens with zero attached hydrogens (tertiary/aromatic N) is 2. The van der Waals surface area contributed by atoms with Gasteiger partial charge in [-0.1, -0.05) is 20.8 Å². The lowest BCUT2D eigenvalue weighted by molar-refractivity contribution is -0.133. The van der Waals surface area contributed by atoms with Crippen molar-refractivity contribution in [1.29, 1.82) is 0 Å². The SMILES string of the molecule is CC(C)CN1CCN(C(=O)CCC(C)CN)CC1. The summed E-state index contributed by atoms with van der Waals surface area (Å²) in [6, 6.07) is 0. The van der Waals surface area contributed by atoms with Gasteiger partial charge in [0.2, 0.25) is 5.91 Å². The minimum atomic E-state index is 0.305. The van der Waals surface area contributed by atoms with E-state index in [2.05, 4.69) is 25.7 Å². The van der Waals surface area contributed by atoms with Crippen molar-refractivity contribution >= 4 is 5.91 Å². The van der Waals surface area contributed by atoms with Crippen molar-refractivity contribution in [3.05, 3.63) is 0 Å². The van der Waals surface area contributed by atoms with Gasteiger partial charge in [0, 0.05) is 39.1 Å². The van der Waals surface area contributed by atoms with Crippen molar-refractivity contribution in [2.75, 3.05) is 39.3 Å². The molecule has 0 radical (unpaired) electrons. The van der Waals surface area contributed by atoms with Crippen LogP contribution in [0.1, 0.15) is 33.6 Å². The molecular formula is C14H29N3O. The van der Waals surface area contributed by atoms with Gasteiger partial charge in [0.1, 0.15) is 0 Å². The summed E-state index contributed by atoms with van der Waals surface area (Å²) >= 11 is 0. The molecule has 0 aliphatic carbocycles. The van der Waals surface area contributed by atoms with E-state index in [1.807, 2.05) is 4.90 Å². The third kappa shape index (κ3) is 5.36. The van der Waals surface area contributed by atoms with E-state index in [0.29, 0.717) is 30.7 Å². The lowest BCUT2D eigenvalue weighted by Crippen LogP contribution is -2.49. The molecule has 106 valence electrons. The zero-order valence-corrected chi connectivity index (χ0v) is 12.2. The molecule has 1 saturated heterocycles. The minimum Gasteiger partial charge on any atom is -0.340 e. The standard InChI is InChI=1S/C14H29N3O/c1-12(2)11-16-6-8-17(9-7-16)14(18)5-4-13(3)10-15/h12-13H,4-11,15H2,1-3H3. The molecule has 0 aromatic carbocycles. The molecule has 18 heavy (non-hydrogen) atoms. The highest BCUT2D eigenvalue weighted by atomic mass is 16.2. The maximum atomic E-state index is 12.0. The Kier molecular flexibility index (Phi) is 6.65. The van der Waals surface area contributed by atoms with Crippen LogP contribution in [-0.2, 0) is 4.79 Å². The molecule has 4 nitrogen and oxygen atoms in total. The van der Waals surface area contributed by atoms with Crippen LogP contribution in [0.4, 0.5) is 0 Å². The number of nitrogens with two attached hydrogens (primary N) is 1. The predicted octanol–water partition coefficient (Wildman–Crippen LogP) is 1.16. The average molecular weight is 255 g/mol. The highest BCUT2D eigenvalue weighted by molar-refractivity contribution is 5.76. The van der Waals surface area contributed by atoms with E-state index < -0.39 is 0 Å². The van der Waals surface area contributed by atoms with Gasteiger partial charge in [-0.3, -0.25) is 9.69 Å². The molecule has 1 heterocycles. The second kappa shape index (κ2) is 7.74. The van der Waals surface area contributed by atoms with Gasteiger partial charge in [0.05, 0.1) is 0 Å². The monoisotopic (exact) mass is 255 g/mol. The summed E-state index contributed by atoms with van der Waals surface area (Å²) in [6.45, 7) is 12.2. The Bertz CT molecular complexity index is 247. The van der Waals surface area contributed by atoms with Gasteiger partial charge in [0.15, 0.2) is 0 Å². The Balaban J connectivity index is 2.23. The van der Waals surface area contributed by atoms with Crippen LogP contribution in [0.3, 0.4) is 0 Å². The Hall–Kier alpha value is -0.610. The Morgan fingerprint density at radius 3 is 2.28 bits per heavy atom. The van der Waals surface area contributed by atoms with Crippen molar-refractivity contribution in [3.8, 4) is 0 Å². The zero-order chi connectivity index (χ0) is 13.5.